The summed E-state index contributed by atoms with van der Waals surface area (Å²) in [5.74, 6) is -1.36. The molecule has 4 rings (SSSR count). The predicted molar refractivity (Wildman–Crippen MR) is 150 cm³/mol. The van der Waals surface area contributed by atoms with E-state index in [2.05, 4.69) is 0 Å². The molecule has 9 heteroatoms. The Kier molecular flexibility index (Phi) is 7.29. The summed E-state index contributed by atoms with van der Waals surface area (Å²) in [7, 11) is -2.42. The van der Waals surface area contributed by atoms with Crippen LogP contribution in [0, 0.1) is 26.6 Å². The summed E-state index contributed by atoms with van der Waals surface area (Å²) in [6.07, 6.45) is -0.342. The number of rotatable bonds is 6. The van der Waals surface area contributed by atoms with Gasteiger partial charge in [-0.05, 0) is 75.9 Å². The molecule has 3 aromatic rings. The number of sulfonamides is 1. The Morgan fingerprint density at radius 1 is 1.00 bits per heavy atom. The number of anilines is 1. The standard InChI is InChI=1S/C30H34FNO6S/c1-16-9-11-19(12-10-16)23-17(2)24-26-20(21(31)13-14-22(26)37-7)15-32(39(8,35)36)27(24)18(3)25(23)28(29(33)34)38-30(4,5)6/h9-14,28H,15H2,1-8H3,(H,33,34)/t28-/m0/s1. The molecule has 0 aliphatic carbocycles. The van der Waals surface area contributed by atoms with Crippen LogP contribution in [0.25, 0.3) is 22.3 Å². The molecular weight excluding hydrogens is 521 g/mol. The van der Waals surface area contributed by atoms with Gasteiger partial charge in [-0.2, -0.15) is 0 Å². The highest BCUT2D eigenvalue weighted by Crippen LogP contribution is 2.54. The Morgan fingerprint density at radius 3 is 2.13 bits per heavy atom. The van der Waals surface area contributed by atoms with E-state index in [9.17, 15) is 18.3 Å². The summed E-state index contributed by atoms with van der Waals surface area (Å²) in [6, 6.07) is 10.4. The van der Waals surface area contributed by atoms with Crippen molar-refractivity contribution in [1.29, 1.82) is 0 Å². The van der Waals surface area contributed by atoms with Crippen LogP contribution in [0.15, 0.2) is 36.4 Å². The van der Waals surface area contributed by atoms with Crippen molar-refractivity contribution in [2.75, 3.05) is 17.7 Å². The number of halogens is 1. The molecule has 0 amide bonds. The molecule has 0 unspecified atom stereocenters. The molecule has 208 valence electrons. The number of ether oxygens (including phenoxy) is 2. The van der Waals surface area contributed by atoms with Crippen molar-refractivity contribution in [3.63, 3.8) is 0 Å². The largest absolute Gasteiger partial charge is 0.496 e. The van der Waals surface area contributed by atoms with E-state index in [0.717, 1.165) is 21.7 Å². The van der Waals surface area contributed by atoms with Crippen LogP contribution in [-0.4, -0.2) is 38.5 Å². The number of carboxylic acid groups (broad SMARTS) is 1. The van der Waals surface area contributed by atoms with Gasteiger partial charge >= 0.3 is 5.97 Å². The van der Waals surface area contributed by atoms with Crippen LogP contribution in [0.3, 0.4) is 0 Å². The fraction of sp³-hybridized carbons (Fsp3) is 0.367. The van der Waals surface area contributed by atoms with Crippen molar-refractivity contribution >= 4 is 21.7 Å². The van der Waals surface area contributed by atoms with Crippen LogP contribution in [0.2, 0.25) is 0 Å². The first-order chi connectivity index (χ1) is 18.1. The molecule has 0 saturated carbocycles. The molecule has 3 aromatic carbocycles. The molecule has 0 bridgehead atoms. The van der Waals surface area contributed by atoms with Gasteiger partial charge in [-0.3, -0.25) is 4.31 Å². The lowest BCUT2D eigenvalue weighted by Crippen LogP contribution is -2.35. The average molecular weight is 556 g/mol. The van der Waals surface area contributed by atoms with E-state index in [-0.39, 0.29) is 12.1 Å². The maximum Gasteiger partial charge on any atom is 0.337 e. The Bertz CT molecular complexity index is 1570. The number of fused-ring (bicyclic) bond motifs is 3. The van der Waals surface area contributed by atoms with E-state index in [1.54, 1.807) is 34.6 Å². The fourth-order valence-electron chi connectivity index (χ4n) is 5.34. The molecule has 39 heavy (non-hydrogen) atoms. The van der Waals surface area contributed by atoms with Crippen molar-refractivity contribution in [3.8, 4) is 28.0 Å². The summed E-state index contributed by atoms with van der Waals surface area (Å²) in [5, 5.41) is 10.4. The van der Waals surface area contributed by atoms with Crippen LogP contribution >= 0.6 is 0 Å². The molecule has 1 aliphatic heterocycles. The highest BCUT2D eigenvalue weighted by atomic mass is 32.2. The quantitative estimate of drug-likeness (QED) is 0.383. The first-order valence-electron chi connectivity index (χ1n) is 12.5. The Balaban J connectivity index is 2.27. The highest BCUT2D eigenvalue weighted by Gasteiger charge is 2.40. The third-order valence-corrected chi connectivity index (χ3v) is 8.06. The summed E-state index contributed by atoms with van der Waals surface area (Å²) in [5.41, 5.74) is 4.31. The van der Waals surface area contributed by atoms with E-state index >= 15 is 4.39 Å². The lowest BCUT2D eigenvalue weighted by molar-refractivity contribution is -0.160. The van der Waals surface area contributed by atoms with Crippen LogP contribution in [0.1, 0.15) is 54.7 Å². The third kappa shape index (κ3) is 5.13. The summed E-state index contributed by atoms with van der Waals surface area (Å²) >= 11 is 0. The normalized spacial score (nSPS) is 14.0. The number of methoxy groups -OCH3 is 1. The van der Waals surface area contributed by atoms with E-state index < -0.39 is 33.5 Å². The van der Waals surface area contributed by atoms with Crippen molar-refractivity contribution in [3.05, 3.63) is 70.0 Å². The second kappa shape index (κ2) is 9.95. The minimum absolute atomic E-state index is 0.193. The molecular formula is C30H34FNO6S. The van der Waals surface area contributed by atoms with Gasteiger partial charge < -0.3 is 14.6 Å². The maximum atomic E-state index is 15.3. The smallest absolute Gasteiger partial charge is 0.337 e. The van der Waals surface area contributed by atoms with Crippen LogP contribution < -0.4 is 9.04 Å². The Labute approximate surface area is 229 Å². The van der Waals surface area contributed by atoms with Crippen molar-refractivity contribution in [2.45, 2.75) is 59.8 Å². The second-order valence-electron chi connectivity index (χ2n) is 10.9. The Morgan fingerprint density at radius 2 is 1.62 bits per heavy atom. The summed E-state index contributed by atoms with van der Waals surface area (Å²) < 4.78 is 54.4. The minimum Gasteiger partial charge on any atom is -0.496 e. The van der Waals surface area contributed by atoms with Gasteiger partial charge in [0.2, 0.25) is 10.0 Å². The predicted octanol–water partition coefficient (Wildman–Crippen LogP) is 6.31. The first kappa shape index (κ1) is 28.6. The number of aryl methyl sites for hydroxylation is 1. The highest BCUT2D eigenvalue weighted by molar-refractivity contribution is 7.92. The van der Waals surface area contributed by atoms with Crippen molar-refractivity contribution < 1.29 is 32.2 Å². The molecule has 0 fully saturated rings. The zero-order valence-corrected chi connectivity index (χ0v) is 24.3. The monoisotopic (exact) mass is 555 g/mol. The molecule has 0 saturated heterocycles. The summed E-state index contributed by atoms with van der Waals surface area (Å²) in [4.78, 5) is 12.7. The topological polar surface area (TPSA) is 93.1 Å². The minimum atomic E-state index is -3.90. The van der Waals surface area contributed by atoms with Gasteiger partial charge in [0, 0.05) is 22.3 Å². The number of carboxylic acids is 1. The molecule has 0 radical (unpaired) electrons. The van der Waals surface area contributed by atoms with Crippen LogP contribution in [0.4, 0.5) is 10.1 Å². The van der Waals surface area contributed by atoms with Gasteiger partial charge in [-0.15, -0.1) is 0 Å². The van der Waals surface area contributed by atoms with E-state index in [0.29, 0.717) is 44.8 Å². The SMILES string of the molecule is COc1ccc(F)c2c1-c1c(C)c(-c3ccc(C)cc3)c([C@H](OC(C)(C)C)C(=O)O)c(C)c1N(S(C)(=O)=O)C2. The Hall–Kier alpha value is -3.43. The van der Waals surface area contributed by atoms with Gasteiger partial charge in [0.05, 0.1) is 31.2 Å². The molecule has 0 aromatic heterocycles. The molecule has 1 atom stereocenters. The molecule has 1 heterocycles. The molecule has 1 N–H and O–H groups in total. The average Bonchev–Trinajstić information content (AvgIpc) is 2.83. The van der Waals surface area contributed by atoms with Crippen molar-refractivity contribution in [2.24, 2.45) is 0 Å². The van der Waals surface area contributed by atoms with Gasteiger partial charge in [-0.25, -0.2) is 17.6 Å². The second-order valence-corrected chi connectivity index (χ2v) is 12.9. The number of benzene rings is 3. The zero-order chi connectivity index (χ0) is 29.0. The van der Waals surface area contributed by atoms with Gasteiger partial charge in [0.1, 0.15) is 11.6 Å². The van der Waals surface area contributed by atoms with Crippen LogP contribution in [0.5, 0.6) is 5.75 Å². The number of nitrogens with zero attached hydrogens (tertiary/aromatic N) is 1. The fourth-order valence-corrected chi connectivity index (χ4v) is 6.26. The number of carbonyl (C=O) groups is 1. The lowest BCUT2D eigenvalue weighted by Gasteiger charge is -2.37. The maximum absolute atomic E-state index is 15.3. The molecule has 1 aliphatic rings. The first-order valence-corrected chi connectivity index (χ1v) is 14.4. The number of hydrogen-bond acceptors (Lipinski definition) is 5. The van der Waals surface area contributed by atoms with E-state index in [4.69, 9.17) is 9.47 Å². The molecule has 0 spiro atoms. The van der Waals surface area contributed by atoms with Gasteiger partial charge in [-0.1, -0.05) is 29.8 Å². The lowest BCUT2D eigenvalue weighted by atomic mass is 9.79. The third-order valence-electron chi connectivity index (χ3n) is 6.95. The molecule has 7 nitrogen and oxygen atoms in total. The van der Waals surface area contributed by atoms with Gasteiger partial charge in [0.25, 0.3) is 0 Å². The number of hydrogen-bond donors (Lipinski definition) is 1. The van der Waals surface area contributed by atoms with Crippen molar-refractivity contribution in [1.82, 2.24) is 0 Å². The zero-order valence-electron chi connectivity index (χ0n) is 23.5. The van der Waals surface area contributed by atoms with E-state index in [1.165, 1.54) is 19.2 Å². The van der Waals surface area contributed by atoms with E-state index in [1.807, 2.05) is 31.2 Å². The van der Waals surface area contributed by atoms with Crippen LogP contribution in [-0.2, 0) is 26.1 Å². The summed E-state index contributed by atoms with van der Waals surface area (Å²) in [6.45, 7) is 10.5. The van der Waals surface area contributed by atoms with Gasteiger partial charge in [0.15, 0.2) is 6.10 Å². The number of aliphatic carboxylic acids is 1.